The van der Waals surface area contributed by atoms with Crippen LogP contribution in [0.5, 0.6) is 5.75 Å². The van der Waals surface area contributed by atoms with E-state index in [1.165, 1.54) is 5.56 Å². The van der Waals surface area contributed by atoms with Gasteiger partial charge in [0.25, 0.3) is 0 Å². The van der Waals surface area contributed by atoms with E-state index in [0.29, 0.717) is 5.76 Å². The molecule has 0 aliphatic heterocycles. The van der Waals surface area contributed by atoms with Crippen molar-refractivity contribution in [1.82, 2.24) is 0 Å². The van der Waals surface area contributed by atoms with Crippen LogP contribution in [0.3, 0.4) is 0 Å². The second-order valence-electron chi connectivity index (χ2n) is 9.55. The Balaban J connectivity index is 2.95. The number of esters is 1. The van der Waals surface area contributed by atoms with E-state index in [9.17, 15) is 4.79 Å². The zero-order chi connectivity index (χ0) is 21.8. The number of rotatable bonds is 6. The third-order valence-electron chi connectivity index (χ3n) is 4.32. The molecule has 28 heavy (non-hydrogen) atoms. The molecule has 0 amide bonds. The molecular weight excluding hydrogens is 348 g/mol. The average molecular weight is 385 g/mol. The van der Waals surface area contributed by atoms with Gasteiger partial charge in [-0.25, -0.2) is 0 Å². The summed E-state index contributed by atoms with van der Waals surface area (Å²) in [5.41, 5.74) is 1.27. The van der Waals surface area contributed by atoms with Crippen molar-refractivity contribution < 1.29 is 14.3 Å². The highest BCUT2D eigenvalue weighted by Crippen LogP contribution is 2.34. The van der Waals surface area contributed by atoms with Gasteiger partial charge in [0.1, 0.15) is 17.1 Å². The summed E-state index contributed by atoms with van der Waals surface area (Å²) in [4.78, 5) is 12.0. The fraction of sp³-hybridized carbons (Fsp3) is 0.480. The van der Waals surface area contributed by atoms with E-state index in [1.54, 1.807) is 6.08 Å². The SMILES string of the molecule is C=C(/C=C\C(=C/C)C(C)(C)c1ccc(OC(C)(C)C)cc1)OC(=O)C(C)(C)C. The molecular formula is C25H36O3. The van der Waals surface area contributed by atoms with Crippen LogP contribution in [-0.4, -0.2) is 11.6 Å². The Kier molecular flexibility index (Phi) is 7.47. The lowest BCUT2D eigenvalue weighted by Crippen LogP contribution is -2.23. The molecule has 1 rings (SSSR count). The number of allylic oxidation sites excluding steroid dienone is 4. The number of benzene rings is 1. The molecule has 1 aromatic rings. The Morgan fingerprint density at radius 1 is 0.929 bits per heavy atom. The highest BCUT2D eigenvalue weighted by atomic mass is 16.5. The number of carbonyl (C=O) groups excluding carboxylic acids is 1. The first-order valence-corrected chi connectivity index (χ1v) is 9.72. The van der Waals surface area contributed by atoms with Gasteiger partial charge in [0.05, 0.1) is 5.41 Å². The summed E-state index contributed by atoms with van der Waals surface area (Å²) in [6.07, 6.45) is 5.77. The minimum atomic E-state index is -0.559. The van der Waals surface area contributed by atoms with Gasteiger partial charge in [-0.2, -0.15) is 0 Å². The minimum absolute atomic E-state index is 0.222. The summed E-state index contributed by atoms with van der Waals surface area (Å²) in [6.45, 7) is 21.7. The molecule has 0 unspecified atom stereocenters. The Labute approximate surface area is 171 Å². The molecule has 3 heteroatoms. The largest absolute Gasteiger partial charge is 0.488 e. The zero-order valence-corrected chi connectivity index (χ0v) is 19.0. The lowest BCUT2D eigenvalue weighted by molar-refractivity contribution is -0.147. The second kappa shape index (κ2) is 8.81. The van der Waals surface area contributed by atoms with Crippen LogP contribution in [0.1, 0.15) is 67.9 Å². The zero-order valence-electron chi connectivity index (χ0n) is 19.0. The van der Waals surface area contributed by atoms with Gasteiger partial charge in [-0.3, -0.25) is 4.79 Å². The molecule has 0 atom stereocenters. The standard InChI is InChI=1S/C25H36O3/c1-11-19(13-12-18(2)27-22(26)23(3,4)5)25(9,10)20-14-16-21(17-15-20)28-24(6,7)8/h11-17H,2H2,1,3-10H3/b13-12-,19-11+. The molecule has 0 bridgehead atoms. The van der Waals surface area contributed by atoms with Gasteiger partial charge in [-0.05, 0) is 77.8 Å². The predicted octanol–water partition coefficient (Wildman–Crippen LogP) is 6.75. The van der Waals surface area contributed by atoms with Crippen molar-refractivity contribution in [3.8, 4) is 5.75 Å². The number of carbonyl (C=O) groups is 1. The average Bonchev–Trinajstić information content (AvgIpc) is 2.53. The lowest BCUT2D eigenvalue weighted by Gasteiger charge is -2.28. The topological polar surface area (TPSA) is 35.5 Å². The first kappa shape index (κ1) is 23.7. The quantitative estimate of drug-likeness (QED) is 0.309. The number of ether oxygens (including phenoxy) is 2. The summed E-state index contributed by atoms with van der Waals surface area (Å²) >= 11 is 0. The van der Waals surface area contributed by atoms with Gasteiger partial charge < -0.3 is 9.47 Å². The van der Waals surface area contributed by atoms with E-state index in [0.717, 1.165) is 11.3 Å². The molecule has 0 N–H and O–H groups in total. The van der Waals surface area contributed by atoms with Crippen LogP contribution >= 0.6 is 0 Å². The minimum Gasteiger partial charge on any atom is -0.488 e. The molecule has 0 heterocycles. The molecule has 154 valence electrons. The van der Waals surface area contributed by atoms with Crippen LogP contribution in [0.2, 0.25) is 0 Å². The molecule has 0 aliphatic rings. The van der Waals surface area contributed by atoms with Crippen LogP contribution in [0.4, 0.5) is 0 Å². The van der Waals surface area contributed by atoms with Crippen LogP contribution < -0.4 is 4.74 Å². The molecule has 0 saturated carbocycles. The Bertz CT molecular complexity index is 748. The maximum Gasteiger partial charge on any atom is 0.316 e. The van der Waals surface area contributed by atoms with E-state index in [1.807, 2.05) is 66.7 Å². The first-order valence-electron chi connectivity index (χ1n) is 9.72. The molecule has 0 saturated heterocycles. The lowest BCUT2D eigenvalue weighted by atomic mass is 9.77. The number of hydrogen-bond acceptors (Lipinski definition) is 3. The Morgan fingerprint density at radius 3 is 1.89 bits per heavy atom. The van der Waals surface area contributed by atoms with Crippen molar-refractivity contribution in [3.63, 3.8) is 0 Å². The van der Waals surface area contributed by atoms with Crippen LogP contribution in [0, 0.1) is 5.41 Å². The molecule has 3 nitrogen and oxygen atoms in total. The molecule has 0 spiro atoms. The molecule has 0 aliphatic carbocycles. The van der Waals surface area contributed by atoms with Gasteiger partial charge in [0.2, 0.25) is 0 Å². The van der Waals surface area contributed by atoms with Crippen molar-refractivity contribution in [2.24, 2.45) is 5.41 Å². The van der Waals surface area contributed by atoms with E-state index >= 15 is 0 Å². The highest BCUT2D eigenvalue weighted by Gasteiger charge is 2.25. The van der Waals surface area contributed by atoms with Crippen molar-refractivity contribution in [3.05, 3.63) is 66.0 Å². The van der Waals surface area contributed by atoms with Crippen LogP contribution in [0.15, 0.2) is 60.4 Å². The van der Waals surface area contributed by atoms with Gasteiger partial charge in [-0.1, -0.05) is 44.7 Å². The van der Waals surface area contributed by atoms with Gasteiger partial charge in [0, 0.05) is 5.41 Å². The van der Waals surface area contributed by atoms with Gasteiger partial charge in [0.15, 0.2) is 0 Å². The van der Waals surface area contributed by atoms with E-state index in [4.69, 9.17) is 9.47 Å². The second-order valence-corrected chi connectivity index (χ2v) is 9.55. The van der Waals surface area contributed by atoms with E-state index in [-0.39, 0.29) is 17.0 Å². The van der Waals surface area contributed by atoms with E-state index in [2.05, 4.69) is 38.6 Å². The van der Waals surface area contributed by atoms with Crippen molar-refractivity contribution in [1.29, 1.82) is 0 Å². The van der Waals surface area contributed by atoms with Crippen LogP contribution in [0.25, 0.3) is 0 Å². The van der Waals surface area contributed by atoms with Gasteiger partial charge >= 0.3 is 5.97 Å². The molecule has 0 fully saturated rings. The third kappa shape index (κ3) is 7.03. The van der Waals surface area contributed by atoms with Crippen molar-refractivity contribution in [2.45, 2.75) is 73.3 Å². The van der Waals surface area contributed by atoms with Crippen molar-refractivity contribution >= 4 is 5.97 Å². The molecule has 0 radical (unpaired) electrons. The predicted molar refractivity (Wildman–Crippen MR) is 117 cm³/mol. The van der Waals surface area contributed by atoms with Crippen LogP contribution in [-0.2, 0) is 14.9 Å². The fourth-order valence-corrected chi connectivity index (χ4v) is 2.61. The summed E-state index contributed by atoms with van der Waals surface area (Å²) in [5.74, 6) is 0.897. The maximum atomic E-state index is 12.0. The number of hydrogen-bond donors (Lipinski definition) is 0. The third-order valence-corrected chi connectivity index (χ3v) is 4.32. The summed E-state index contributed by atoms with van der Waals surface area (Å²) in [6, 6.07) is 8.19. The first-order chi connectivity index (χ1) is 12.7. The monoisotopic (exact) mass is 384 g/mol. The molecule has 0 aromatic heterocycles. The van der Waals surface area contributed by atoms with E-state index < -0.39 is 5.41 Å². The maximum absolute atomic E-state index is 12.0. The summed E-state index contributed by atoms with van der Waals surface area (Å²) in [5, 5.41) is 0. The van der Waals surface area contributed by atoms with Gasteiger partial charge in [-0.15, -0.1) is 0 Å². The van der Waals surface area contributed by atoms with Crippen molar-refractivity contribution in [2.75, 3.05) is 0 Å². The smallest absolute Gasteiger partial charge is 0.316 e. The normalized spacial score (nSPS) is 13.5. The summed E-state index contributed by atoms with van der Waals surface area (Å²) < 4.78 is 11.2. The molecule has 1 aromatic carbocycles. The summed E-state index contributed by atoms with van der Waals surface area (Å²) in [7, 11) is 0. The Hall–Kier alpha value is -2.29. The highest BCUT2D eigenvalue weighted by molar-refractivity contribution is 5.76. The Morgan fingerprint density at radius 2 is 1.46 bits per heavy atom. The fourth-order valence-electron chi connectivity index (χ4n) is 2.61.